The van der Waals surface area contributed by atoms with Gasteiger partial charge in [-0.25, -0.2) is 0 Å². The molecule has 0 radical (unpaired) electrons. The molecule has 0 N–H and O–H groups in total. The fourth-order valence-corrected chi connectivity index (χ4v) is 2.01. The van der Waals surface area contributed by atoms with Crippen molar-refractivity contribution in [2.75, 3.05) is 26.3 Å². The van der Waals surface area contributed by atoms with Gasteiger partial charge in [0.25, 0.3) is 5.91 Å². The van der Waals surface area contributed by atoms with Crippen LogP contribution in [0.3, 0.4) is 0 Å². The summed E-state index contributed by atoms with van der Waals surface area (Å²) in [5, 5.41) is 10.8. The smallest absolute Gasteiger partial charge is 0.310 e. The van der Waals surface area contributed by atoms with Crippen molar-refractivity contribution in [1.29, 1.82) is 0 Å². The number of para-hydroxylation sites is 2. The van der Waals surface area contributed by atoms with E-state index in [1.165, 1.54) is 12.1 Å². The van der Waals surface area contributed by atoms with Crippen molar-refractivity contribution in [2.24, 2.45) is 0 Å². The Morgan fingerprint density at radius 1 is 1.55 bits per heavy atom. The summed E-state index contributed by atoms with van der Waals surface area (Å²) in [5.41, 5.74) is -0.143. The fourth-order valence-electron chi connectivity index (χ4n) is 2.01. The molecule has 1 unspecified atom stereocenters. The summed E-state index contributed by atoms with van der Waals surface area (Å²) in [4.78, 5) is 23.9. The summed E-state index contributed by atoms with van der Waals surface area (Å²) in [6.45, 7) is 3.21. The van der Waals surface area contributed by atoms with E-state index >= 15 is 0 Å². The predicted molar refractivity (Wildman–Crippen MR) is 70.6 cm³/mol. The van der Waals surface area contributed by atoms with Gasteiger partial charge in [0.15, 0.2) is 12.4 Å². The molecular weight excluding hydrogens is 264 g/mol. The van der Waals surface area contributed by atoms with Gasteiger partial charge in [0.05, 0.1) is 17.6 Å². The maximum atomic E-state index is 12.0. The van der Waals surface area contributed by atoms with Crippen LogP contribution in [0, 0.1) is 10.1 Å². The van der Waals surface area contributed by atoms with Gasteiger partial charge in [0.2, 0.25) is 0 Å². The Balaban J connectivity index is 1.95. The van der Waals surface area contributed by atoms with Gasteiger partial charge in [0, 0.05) is 19.2 Å². The lowest BCUT2D eigenvalue weighted by atomic mass is 10.3. The number of nitrogens with zero attached hydrogens (tertiary/aromatic N) is 2. The van der Waals surface area contributed by atoms with E-state index < -0.39 is 4.92 Å². The van der Waals surface area contributed by atoms with Gasteiger partial charge in [-0.3, -0.25) is 14.9 Å². The lowest BCUT2D eigenvalue weighted by Gasteiger charge is -2.31. The van der Waals surface area contributed by atoms with Crippen LogP contribution in [0.4, 0.5) is 5.69 Å². The first-order valence-electron chi connectivity index (χ1n) is 6.33. The molecule has 0 bridgehead atoms. The third-order valence-electron chi connectivity index (χ3n) is 3.01. The molecule has 0 aliphatic carbocycles. The van der Waals surface area contributed by atoms with Gasteiger partial charge in [0.1, 0.15) is 0 Å². The molecule has 7 nitrogen and oxygen atoms in total. The highest BCUT2D eigenvalue weighted by molar-refractivity contribution is 5.78. The molecule has 1 saturated heterocycles. The molecule has 1 heterocycles. The summed E-state index contributed by atoms with van der Waals surface area (Å²) < 4.78 is 10.6. The molecule has 7 heteroatoms. The zero-order chi connectivity index (χ0) is 14.5. The topological polar surface area (TPSA) is 81.9 Å². The van der Waals surface area contributed by atoms with Crippen molar-refractivity contribution in [3.05, 3.63) is 34.4 Å². The average Bonchev–Trinajstić information content (AvgIpc) is 2.45. The summed E-state index contributed by atoms with van der Waals surface area (Å²) in [5.74, 6) is -0.0922. The highest BCUT2D eigenvalue weighted by Gasteiger charge is 2.22. The number of nitro groups is 1. The number of morpholine rings is 1. The molecule has 1 aromatic rings. The first-order chi connectivity index (χ1) is 9.58. The average molecular weight is 280 g/mol. The van der Waals surface area contributed by atoms with E-state index in [9.17, 15) is 14.9 Å². The molecule has 1 aliphatic rings. The maximum absolute atomic E-state index is 12.0. The van der Waals surface area contributed by atoms with E-state index in [1.54, 1.807) is 17.0 Å². The molecule has 0 saturated carbocycles. The Kier molecular flexibility index (Phi) is 4.52. The standard InChI is InChI=1S/C13H16N2O5/c1-10-8-14(6-7-19-10)13(16)9-20-12-5-3-2-4-11(12)15(17)18/h2-5,10H,6-9H2,1H3. The van der Waals surface area contributed by atoms with Crippen molar-refractivity contribution >= 4 is 11.6 Å². The molecular formula is C13H16N2O5. The monoisotopic (exact) mass is 280 g/mol. The highest BCUT2D eigenvalue weighted by Crippen LogP contribution is 2.25. The maximum Gasteiger partial charge on any atom is 0.310 e. The summed E-state index contributed by atoms with van der Waals surface area (Å²) in [6, 6.07) is 6.00. The Bertz CT molecular complexity index is 505. The zero-order valence-corrected chi connectivity index (χ0v) is 11.2. The molecule has 1 aromatic carbocycles. The van der Waals surface area contributed by atoms with Gasteiger partial charge in [-0.15, -0.1) is 0 Å². The van der Waals surface area contributed by atoms with Crippen LogP contribution in [0.25, 0.3) is 0 Å². The SMILES string of the molecule is CC1CN(C(=O)COc2ccccc2[N+](=O)[O-])CCO1. The normalized spacial score (nSPS) is 18.6. The first-order valence-corrected chi connectivity index (χ1v) is 6.33. The number of hydrogen-bond acceptors (Lipinski definition) is 5. The van der Waals surface area contributed by atoms with Crippen LogP contribution in [0.2, 0.25) is 0 Å². The van der Waals surface area contributed by atoms with Gasteiger partial charge in [-0.2, -0.15) is 0 Å². The molecule has 1 fully saturated rings. The van der Waals surface area contributed by atoms with Gasteiger partial charge >= 0.3 is 5.69 Å². The molecule has 0 spiro atoms. The largest absolute Gasteiger partial charge is 0.477 e. The number of nitro benzene ring substituents is 1. The molecule has 1 aliphatic heterocycles. The lowest BCUT2D eigenvalue weighted by molar-refractivity contribution is -0.385. The van der Waals surface area contributed by atoms with Gasteiger partial charge < -0.3 is 14.4 Å². The minimum atomic E-state index is -0.531. The minimum Gasteiger partial charge on any atom is -0.477 e. The second-order valence-corrected chi connectivity index (χ2v) is 4.53. The first kappa shape index (κ1) is 14.3. The Morgan fingerprint density at radius 3 is 3.00 bits per heavy atom. The Morgan fingerprint density at radius 2 is 2.30 bits per heavy atom. The molecule has 0 aromatic heterocycles. The molecule has 1 amide bonds. The second kappa shape index (κ2) is 6.33. The van der Waals surface area contributed by atoms with Crippen molar-refractivity contribution in [2.45, 2.75) is 13.0 Å². The van der Waals surface area contributed by atoms with E-state index in [-0.39, 0.29) is 30.1 Å². The van der Waals surface area contributed by atoms with Crippen LogP contribution >= 0.6 is 0 Å². The van der Waals surface area contributed by atoms with E-state index in [2.05, 4.69) is 0 Å². The fraction of sp³-hybridized carbons (Fsp3) is 0.462. The Hall–Kier alpha value is -2.15. The molecule has 1 atom stereocenters. The summed E-state index contributed by atoms with van der Waals surface area (Å²) >= 11 is 0. The van der Waals surface area contributed by atoms with Crippen LogP contribution in [0.1, 0.15) is 6.92 Å². The van der Waals surface area contributed by atoms with Crippen molar-refractivity contribution < 1.29 is 19.2 Å². The number of ether oxygens (including phenoxy) is 2. The van der Waals surface area contributed by atoms with Crippen LogP contribution in [-0.4, -0.2) is 48.1 Å². The van der Waals surface area contributed by atoms with Crippen LogP contribution in [0.5, 0.6) is 5.75 Å². The number of amides is 1. The van der Waals surface area contributed by atoms with Crippen LogP contribution in [-0.2, 0) is 9.53 Å². The molecule has 20 heavy (non-hydrogen) atoms. The summed E-state index contributed by atoms with van der Waals surface area (Å²) in [6.07, 6.45) is -0.00115. The number of hydrogen-bond donors (Lipinski definition) is 0. The molecule has 2 rings (SSSR count). The van der Waals surface area contributed by atoms with Crippen molar-refractivity contribution in [3.8, 4) is 5.75 Å². The van der Waals surface area contributed by atoms with Gasteiger partial charge in [-0.05, 0) is 13.0 Å². The van der Waals surface area contributed by atoms with Crippen molar-refractivity contribution in [1.82, 2.24) is 4.90 Å². The van der Waals surface area contributed by atoms with E-state index in [0.717, 1.165) is 0 Å². The predicted octanol–water partition coefficient (Wildman–Crippen LogP) is 1.22. The van der Waals surface area contributed by atoms with E-state index in [0.29, 0.717) is 19.7 Å². The lowest BCUT2D eigenvalue weighted by Crippen LogP contribution is -2.46. The number of carbonyl (C=O) groups excluding carboxylic acids is 1. The van der Waals surface area contributed by atoms with E-state index in [4.69, 9.17) is 9.47 Å². The van der Waals surface area contributed by atoms with Gasteiger partial charge in [-0.1, -0.05) is 12.1 Å². The van der Waals surface area contributed by atoms with Crippen molar-refractivity contribution in [3.63, 3.8) is 0 Å². The third kappa shape index (κ3) is 3.45. The van der Waals surface area contributed by atoms with Crippen LogP contribution < -0.4 is 4.74 Å². The Labute approximate surface area is 116 Å². The minimum absolute atomic E-state index is 0.00115. The second-order valence-electron chi connectivity index (χ2n) is 4.53. The van der Waals surface area contributed by atoms with E-state index in [1.807, 2.05) is 6.92 Å². The number of rotatable bonds is 4. The zero-order valence-electron chi connectivity index (χ0n) is 11.2. The summed E-state index contributed by atoms with van der Waals surface area (Å²) in [7, 11) is 0. The third-order valence-corrected chi connectivity index (χ3v) is 3.01. The van der Waals surface area contributed by atoms with Crippen LogP contribution in [0.15, 0.2) is 24.3 Å². The highest BCUT2D eigenvalue weighted by atomic mass is 16.6. The number of benzene rings is 1. The number of carbonyl (C=O) groups is 1. The quantitative estimate of drug-likeness (QED) is 0.612. The molecule has 108 valence electrons.